The molecule has 0 bridgehead atoms. The molecule has 0 atom stereocenters. The summed E-state index contributed by atoms with van der Waals surface area (Å²) in [6.07, 6.45) is 4.73. The van der Waals surface area contributed by atoms with Gasteiger partial charge in [-0.3, -0.25) is 4.90 Å². The average molecular weight is 177 g/mol. The lowest BCUT2D eigenvalue weighted by Gasteiger charge is -1.99. The fraction of sp³-hybridized carbons (Fsp3) is 0.667. The van der Waals surface area contributed by atoms with Crippen molar-refractivity contribution in [2.75, 3.05) is 20.6 Å². The van der Waals surface area contributed by atoms with Gasteiger partial charge >= 0.3 is 0 Å². The smallest absolute Gasteiger partial charge is 0.0606 e. The highest BCUT2D eigenvalue weighted by atomic mass is 15.0. The summed E-state index contributed by atoms with van der Waals surface area (Å²) in [5, 5.41) is 0. The molecule has 0 heterocycles. The van der Waals surface area contributed by atoms with Crippen LogP contribution in [-0.2, 0) is 0 Å². The van der Waals surface area contributed by atoms with Crippen LogP contribution in [0.1, 0.15) is 32.6 Å². The van der Waals surface area contributed by atoms with Gasteiger partial charge in [-0.2, -0.15) is 0 Å². The Morgan fingerprint density at radius 1 is 1.00 bits per heavy atom. The third kappa shape index (κ3) is 11.1. The third-order valence-electron chi connectivity index (χ3n) is 1.54. The van der Waals surface area contributed by atoms with Crippen molar-refractivity contribution in [3.8, 4) is 23.7 Å². The molecule has 13 heavy (non-hydrogen) atoms. The Morgan fingerprint density at radius 2 is 1.69 bits per heavy atom. The molecule has 0 aliphatic heterocycles. The van der Waals surface area contributed by atoms with Crippen LogP contribution in [0.15, 0.2) is 0 Å². The van der Waals surface area contributed by atoms with E-state index in [4.69, 9.17) is 0 Å². The van der Waals surface area contributed by atoms with Gasteiger partial charge in [-0.15, -0.1) is 0 Å². The summed E-state index contributed by atoms with van der Waals surface area (Å²) >= 11 is 0. The maximum atomic E-state index is 3.05. The highest BCUT2D eigenvalue weighted by Crippen LogP contribution is 1.96. The van der Waals surface area contributed by atoms with E-state index in [0.29, 0.717) is 0 Å². The highest BCUT2D eigenvalue weighted by molar-refractivity contribution is 5.26. The minimum absolute atomic E-state index is 0.795. The summed E-state index contributed by atoms with van der Waals surface area (Å²) in [6.45, 7) is 2.99. The minimum Gasteiger partial charge on any atom is -0.298 e. The zero-order valence-corrected chi connectivity index (χ0v) is 8.98. The standard InChI is InChI=1S/C12H19N/c1-4-5-6-7-8-9-10-11-12-13(2)3/h4-7,12H2,1-3H3. The number of rotatable bonds is 4. The first kappa shape index (κ1) is 12.1. The summed E-state index contributed by atoms with van der Waals surface area (Å²) in [5.74, 6) is 11.7. The van der Waals surface area contributed by atoms with Crippen molar-refractivity contribution in [3.05, 3.63) is 0 Å². The van der Waals surface area contributed by atoms with Crippen LogP contribution in [-0.4, -0.2) is 25.5 Å². The van der Waals surface area contributed by atoms with E-state index >= 15 is 0 Å². The van der Waals surface area contributed by atoms with Gasteiger partial charge in [-0.05, 0) is 32.4 Å². The molecule has 1 nitrogen and oxygen atoms in total. The van der Waals surface area contributed by atoms with Gasteiger partial charge in [0.15, 0.2) is 0 Å². The topological polar surface area (TPSA) is 3.24 Å². The van der Waals surface area contributed by atoms with Crippen molar-refractivity contribution in [1.29, 1.82) is 0 Å². The predicted octanol–water partition coefficient (Wildman–Crippen LogP) is 2.14. The predicted molar refractivity (Wildman–Crippen MR) is 58.2 cm³/mol. The maximum absolute atomic E-state index is 3.05. The van der Waals surface area contributed by atoms with E-state index < -0.39 is 0 Å². The lowest BCUT2D eigenvalue weighted by atomic mass is 10.2. The second kappa shape index (κ2) is 9.17. The molecule has 0 aromatic heterocycles. The van der Waals surface area contributed by atoms with E-state index in [1.807, 2.05) is 19.0 Å². The summed E-state index contributed by atoms with van der Waals surface area (Å²) in [7, 11) is 4.01. The summed E-state index contributed by atoms with van der Waals surface area (Å²) in [5.41, 5.74) is 0. The molecule has 0 unspecified atom stereocenters. The van der Waals surface area contributed by atoms with Crippen LogP contribution in [0.3, 0.4) is 0 Å². The first-order chi connectivity index (χ1) is 6.27. The van der Waals surface area contributed by atoms with Crippen LogP contribution in [0.5, 0.6) is 0 Å². The zero-order valence-electron chi connectivity index (χ0n) is 8.98. The lowest BCUT2D eigenvalue weighted by molar-refractivity contribution is 0.464. The number of unbranched alkanes of at least 4 members (excludes halogenated alkanes) is 3. The molecule has 0 rings (SSSR count). The van der Waals surface area contributed by atoms with Crippen molar-refractivity contribution in [2.24, 2.45) is 0 Å². The van der Waals surface area contributed by atoms with Crippen molar-refractivity contribution in [2.45, 2.75) is 32.6 Å². The Labute approximate surface area is 82.5 Å². The van der Waals surface area contributed by atoms with E-state index in [-0.39, 0.29) is 0 Å². The average Bonchev–Trinajstić information content (AvgIpc) is 2.09. The second-order valence-electron chi connectivity index (χ2n) is 3.30. The number of hydrogen-bond acceptors (Lipinski definition) is 1. The van der Waals surface area contributed by atoms with Gasteiger partial charge in [0.1, 0.15) is 0 Å². The Balaban J connectivity index is 3.41. The van der Waals surface area contributed by atoms with Crippen LogP contribution in [0.25, 0.3) is 0 Å². The van der Waals surface area contributed by atoms with E-state index in [9.17, 15) is 0 Å². The van der Waals surface area contributed by atoms with Gasteiger partial charge < -0.3 is 0 Å². The summed E-state index contributed by atoms with van der Waals surface area (Å²) < 4.78 is 0. The molecule has 0 aliphatic rings. The zero-order chi connectivity index (χ0) is 9.94. The Morgan fingerprint density at radius 3 is 2.31 bits per heavy atom. The van der Waals surface area contributed by atoms with Gasteiger partial charge in [0.05, 0.1) is 6.54 Å². The number of hydrogen-bond donors (Lipinski definition) is 0. The molecular weight excluding hydrogens is 158 g/mol. The van der Waals surface area contributed by atoms with Gasteiger partial charge in [-0.25, -0.2) is 0 Å². The molecular formula is C12H19N. The van der Waals surface area contributed by atoms with E-state index in [1.165, 1.54) is 19.3 Å². The minimum atomic E-state index is 0.795. The Kier molecular flexibility index (Phi) is 8.52. The Hall–Kier alpha value is -0.920. The van der Waals surface area contributed by atoms with Crippen LogP contribution in [0.4, 0.5) is 0 Å². The molecule has 0 saturated carbocycles. The first-order valence-electron chi connectivity index (χ1n) is 4.87. The summed E-state index contributed by atoms with van der Waals surface area (Å²) in [4.78, 5) is 2.03. The van der Waals surface area contributed by atoms with Gasteiger partial charge in [0.25, 0.3) is 0 Å². The van der Waals surface area contributed by atoms with Crippen LogP contribution >= 0.6 is 0 Å². The maximum Gasteiger partial charge on any atom is 0.0606 e. The molecule has 0 N–H and O–H groups in total. The van der Waals surface area contributed by atoms with Crippen molar-refractivity contribution in [1.82, 2.24) is 4.90 Å². The normalized spacial score (nSPS) is 8.62. The van der Waals surface area contributed by atoms with Crippen LogP contribution in [0.2, 0.25) is 0 Å². The molecule has 0 saturated heterocycles. The molecule has 0 aliphatic carbocycles. The van der Waals surface area contributed by atoms with E-state index in [1.54, 1.807) is 0 Å². The summed E-state index contributed by atoms with van der Waals surface area (Å²) in [6, 6.07) is 0. The SMILES string of the molecule is CCCCCC#CC#CCN(C)C. The van der Waals surface area contributed by atoms with Gasteiger partial charge in [-0.1, -0.05) is 31.6 Å². The van der Waals surface area contributed by atoms with Gasteiger partial charge in [0.2, 0.25) is 0 Å². The molecule has 1 heteroatoms. The first-order valence-corrected chi connectivity index (χ1v) is 4.87. The van der Waals surface area contributed by atoms with Crippen molar-refractivity contribution in [3.63, 3.8) is 0 Å². The Bertz CT molecular complexity index is 219. The largest absolute Gasteiger partial charge is 0.298 e. The van der Waals surface area contributed by atoms with Crippen LogP contribution in [0, 0.1) is 23.7 Å². The molecule has 0 amide bonds. The molecule has 72 valence electrons. The molecule has 0 aromatic rings. The van der Waals surface area contributed by atoms with Crippen LogP contribution < -0.4 is 0 Å². The lowest BCUT2D eigenvalue weighted by Crippen LogP contribution is -2.10. The van der Waals surface area contributed by atoms with E-state index in [0.717, 1.165) is 13.0 Å². The van der Waals surface area contributed by atoms with Crippen molar-refractivity contribution < 1.29 is 0 Å². The quantitative estimate of drug-likeness (QED) is 0.470. The van der Waals surface area contributed by atoms with E-state index in [2.05, 4.69) is 30.6 Å². The van der Waals surface area contributed by atoms with Crippen molar-refractivity contribution >= 4 is 0 Å². The second-order valence-corrected chi connectivity index (χ2v) is 3.30. The fourth-order valence-corrected chi connectivity index (χ4v) is 0.812. The molecule has 0 aromatic carbocycles. The molecule has 0 fully saturated rings. The molecule has 0 spiro atoms. The highest BCUT2D eigenvalue weighted by Gasteiger charge is 1.80. The van der Waals surface area contributed by atoms with Gasteiger partial charge in [0, 0.05) is 6.42 Å². The fourth-order valence-electron chi connectivity index (χ4n) is 0.812. The monoisotopic (exact) mass is 177 g/mol. The number of nitrogens with zero attached hydrogens (tertiary/aromatic N) is 1. The molecule has 0 radical (unpaired) electrons. The third-order valence-corrected chi connectivity index (χ3v) is 1.54.